The zero-order valence-electron chi connectivity index (χ0n) is 7.93. The fourth-order valence-electron chi connectivity index (χ4n) is 1.15. The number of nitrogens with one attached hydrogen (secondary N) is 1. The molecule has 0 saturated carbocycles. The van der Waals surface area contributed by atoms with Gasteiger partial charge in [0, 0.05) is 6.54 Å². The molecule has 2 nitrogen and oxygen atoms in total. The molecule has 0 aromatic carbocycles. The summed E-state index contributed by atoms with van der Waals surface area (Å²) in [6.07, 6.45) is 2.35. The highest BCUT2D eigenvalue weighted by Gasteiger charge is 2.06. The Labute approximate surface area is 70.3 Å². The third-order valence-corrected chi connectivity index (χ3v) is 1.92. The van der Waals surface area contributed by atoms with Crippen molar-refractivity contribution in [2.75, 3.05) is 19.6 Å². The van der Waals surface area contributed by atoms with Crippen molar-refractivity contribution in [1.82, 2.24) is 10.2 Å². The van der Waals surface area contributed by atoms with Crippen molar-refractivity contribution in [3.05, 3.63) is 12.7 Å². The lowest BCUT2D eigenvalue weighted by Gasteiger charge is -2.26. The predicted molar refractivity (Wildman–Crippen MR) is 50.6 cm³/mol. The van der Waals surface area contributed by atoms with E-state index in [1.54, 1.807) is 0 Å². The van der Waals surface area contributed by atoms with Crippen molar-refractivity contribution in [3.8, 4) is 0 Å². The first kappa shape index (κ1) is 10.7. The van der Waals surface area contributed by atoms with Crippen molar-refractivity contribution in [1.29, 1.82) is 0 Å². The van der Waals surface area contributed by atoms with Crippen LogP contribution in [0.3, 0.4) is 0 Å². The molecule has 1 unspecified atom stereocenters. The van der Waals surface area contributed by atoms with Crippen LogP contribution in [-0.4, -0.2) is 30.7 Å². The molecule has 0 saturated heterocycles. The van der Waals surface area contributed by atoms with Crippen LogP contribution in [0.25, 0.3) is 0 Å². The minimum atomic E-state index is 0.461. The van der Waals surface area contributed by atoms with Gasteiger partial charge in [0.1, 0.15) is 0 Å². The van der Waals surface area contributed by atoms with Gasteiger partial charge in [-0.1, -0.05) is 19.9 Å². The second-order valence-corrected chi connectivity index (χ2v) is 2.59. The Hall–Kier alpha value is -0.340. The van der Waals surface area contributed by atoms with Gasteiger partial charge in [0.2, 0.25) is 0 Å². The molecular formula is C9H20N2. The van der Waals surface area contributed by atoms with Crippen LogP contribution in [0.4, 0.5) is 0 Å². The smallest absolute Gasteiger partial charge is 0.0570 e. The average Bonchev–Trinajstić information content (AvgIpc) is 2.03. The van der Waals surface area contributed by atoms with Crippen LogP contribution < -0.4 is 5.32 Å². The van der Waals surface area contributed by atoms with Crippen LogP contribution in [0, 0.1) is 0 Å². The Balaban J connectivity index is 3.59. The highest BCUT2D eigenvalue weighted by atomic mass is 15.2. The van der Waals surface area contributed by atoms with Crippen LogP contribution in [0.1, 0.15) is 20.8 Å². The maximum absolute atomic E-state index is 3.66. The Bertz CT molecular complexity index is 97.7. The van der Waals surface area contributed by atoms with Gasteiger partial charge in [-0.2, -0.15) is 0 Å². The molecule has 0 amide bonds. The monoisotopic (exact) mass is 156 g/mol. The first-order valence-corrected chi connectivity index (χ1v) is 4.34. The van der Waals surface area contributed by atoms with Crippen molar-refractivity contribution >= 4 is 0 Å². The summed E-state index contributed by atoms with van der Waals surface area (Å²) in [4.78, 5) is 2.36. The van der Waals surface area contributed by atoms with Crippen molar-refractivity contribution in [3.63, 3.8) is 0 Å². The van der Waals surface area contributed by atoms with Crippen LogP contribution in [0.5, 0.6) is 0 Å². The molecule has 0 rings (SSSR count). The van der Waals surface area contributed by atoms with Gasteiger partial charge in [0.15, 0.2) is 0 Å². The highest BCUT2D eigenvalue weighted by Crippen LogP contribution is 1.93. The van der Waals surface area contributed by atoms with Gasteiger partial charge in [0.05, 0.1) is 6.17 Å². The minimum Gasteiger partial charge on any atom is -0.298 e. The van der Waals surface area contributed by atoms with Crippen molar-refractivity contribution in [2.45, 2.75) is 26.9 Å². The maximum atomic E-state index is 3.66. The van der Waals surface area contributed by atoms with Gasteiger partial charge in [0.25, 0.3) is 0 Å². The van der Waals surface area contributed by atoms with Gasteiger partial charge < -0.3 is 0 Å². The lowest BCUT2D eigenvalue weighted by Crippen LogP contribution is -2.43. The lowest BCUT2D eigenvalue weighted by atomic mass is 10.4. The maximum Gasteiger partial charge on any atom is 0.0570 e. The van der Waals surface area contributed by atoms with E-state index < -0.39 is 0 Å². The van der Waals surface area contributed by atoms with E-state index >= 15 is 0 Å². The topological polar surface area (TPSA) is 15.3 Å². The van der Waals surface area contributed by atoms with E-state index in [4.69, 9.17) is 0 Å². The molecule has 0 bridgehead atoms. The van der Waals surface area contributed by atoms with Gasteiger partial charge in [-0.05, 0) is 20.0 Å². The molecule has 0 spiro atoms. The normalized spacial score (nSPS) is 13.5. The molecule has 1 atom stereocenters. The van der Waals surface area contributed by atoms with Crippen LogP contribution in [0.2, 0.25) is 0 Å². The second-order valence-electron chi connectivity index (χ2n) is 2.59. The molecule has 0 heterocycles. The number of hydrogen-bond acceptors (Lipinski definition) is 2. The molecule has 0 radical (unpaired) electrons. The molecule has 11 heavy (non-hydrogen) atoms. The summed E-state index contributed by atoms with van der Waals surface area (Å²) in [6, 6.07) is 0. The van der Waals surface area contributed by atoms with Gasteiger partial charge in [-0.3, -0.25) is 10.2 Å². The number of hydrogen-bond donors (Lipinski definition) is 1. The molecule has 0 aromatic heterocycles. The molecule has 0 aromatic rings. The first-order chi connectivity index (χ1) is 5.26. The first-order valence-electron chi connectivity index (χ1n) is 4.34. The highest BCUT2D eigenvalue weighted by molar-refractivity contribution is 4.72. The molecule has 66 valence electrons. The fourth-order valence-corrected chi connectivity index (χ4v) is 1.15. The summed E-state index contributed by atoms with van der Waals surface area (Å²) >= 11 is 0. The average molecular weight is 156 g/mol. The Morgan fingerprint density at radius 3 is 2.36 bits per heavy atom. The SMILES string of the molecule is C=CCNC(C)N(CC)CC. The predicted octanol–water partition coefficient (Wildman–Crippen LogP) is 1.45. The Kier molecular flexibility index (Phi) is 6.18. The van der Waals surface area contributed by atoms with E-state index in [9.17, 15) is 0 Å². The third kappa shape index (κ3) is 4.17. The van der Waals surface area contributed by atoms with Crippen molar-refractivity contribution < 1.29 is 0 Å². The quantitative estimate of drug-likeness (QED) is 0.462. The molecule has 0 aliphatic heterocycles. The molecule has 0 aliphatic rings. The molecular weight excluding hydrogens is 136 g/mol. The third-order valence-electron chi connectivity index (χ3n) is 1.92. The zero-order valence-corrected chi connectivity index (χ0v) is 7.93. The summed E-state index contributed by atoms with van der Waals surface area (Å²) < 4.78 is 0. The van der Waals surface area contributed by atoms with Crippen LogP contribution >= 0.6 is 0 Å². The molecule has 0 aliphatic carbocycles. The number of rotatable bonds is 6. The summed E-state index contributed by atoms with van der Waals surface area (Å²) in [5, 5.41) is 3.34. The van der Waals surface area contributed by atoms with Gasteiger partial charge in [-0.25, -0.2) is 0 Å². The summed E-state index contributed by atoms with van der Waals surface area (Å²) in [6.45, 7) is 13.3. The fraction of sp³-hybridized carbons (Fsp3) is 0.778. The van der Waals surface area contributed by atoms with Crippen molar-refractivity contribution in [2.24, 2.45) is 0 Å². The van der Waals surface area contributed by atoms with E-state index in [0.29, 0.717) is 6.17 Å². The molecule has 2 heteroatoms. The number of nitrogens with zero attached hydrogens (tertiary/aromatic N) is 1. The van der Waals surface area contributed by atoms with Crippen LogP contribution in [-0.2, 0) is 0 Å². The summed E-state index contributed by atoms with van der Waals surface area (Å²) in [5.41, 5.74) is 0. The van der Waals surface area contributed by atoms with E-state index in [1.165, 1.54) is 0 Å². The summed E-state index contributed by atoms with van der Waals surface area (Å²) in [7, 11) is 0. The zero-order chi connectivity index (χ0) is 8.69. The standard InChI is InChI=1S/C9H20N2/c1-5-8-10-9(4)11(6-2)7-3/h5,9-10H,1,6-8H2,2-4H3. The minimum absolute atomic E-state index is 0.461. The van der Waals surface area contributed by atoms with Gasteiger partial charge in [-0.15, -0.1) is 6.58 Å². The summed E-state index contributed by atoms with van der Waals surface area (Å²) in [5.74, 6) is 0. The van der Waals surface area contributed by atoms with E-state index in [0.717, 1.165) is 19.6 Å². The second kappa shape index (κ2) is 6.38. The van der Waals surface area contributed by atoms with E-state index in [-0.39, 0.29) is 0 Å². The van der Waals surface area contributed by atoms with Gasteiger partial charge >= 0.3 is 0 Å². The van der Waals surface area contributed by atoms with Crippen LogP contribution in [0.15, 0.2) is 12.7 Å². The van der Waals surface area contributed by atoms with E-state index in [2.05, 4.69) is 37.6 Å². The Morgan fingerprint density at radius 1 is 1.45 bits per heavy atom. The Morgan fingerprint density at radius 2 is 2.00 bits per heavy atom. The lowest BCUT2D eigenvalue weighted by molar-refractivity contribution is 0.202. The molecule has 1 N–H and O–H groups in total. The largest absolute Gasteiger partial charge is 0.298 e. The van der Waals surface area contributed by atoms with E-state index in [1.807, 2.05) is 6.08 Å². The molecule has 0 fully saturated rings.